The Balaban J connectivity index is 1.36. The lowest BCUT2D eigenvalue weighted by atomic mass is 9.98. The number of amides is 1. The van der Waals surface area contributed by atoms with E-state index in [1.54, 1.807) is 4.90 Å². The Bertz CT molecular complexity index is 624. The molecular formula is C12H19N3O8S. The summed E-state index contributed by atoms with van der Waals surface area (Å²) in [6.45, 7) is 1.54. The van der Waals surface area contributed by atoms with Crippen LogP contribution in [0.1, 0.15) is 25.7 Å². The van der Waals surface area contributed by atoms with Crippen LogP contribution in [0, 0.1) is 0 Å². The molecule has 3 bridgehead atoms. The van der Waals surface area contributed by atoms with Gasteiger partial charge in [-0.25, -0.2) is 10.4 Å². The Kier molecular flexibility index (Phi) is 4.04. The smallest absolute Gasteiger partial charge is 0.381 e. The number of hydroxylamine groups is 3. The molecule has 24 heavy (non-hydrogen) atoms. The molecule has 0 aliphatic carbocycles. The van der Waals surface area contributed by atoms with Crippen molar-refractivity contribution < 1.29 is 36.4 Å². The van der Waals surface area contributed by atoms with Crippen molar-refractivity contribution in [1.82, 2.24) is 15.4 Å². The second kappa shape index (κ2) is 5.85. The Morgan fingerprint density at radius 1 is 1.29 bits per heavy atom. The molecule has 0 aromatic heterocycles. The van der Waals surface area contributed by atoms with Gasteiger partial charge in [0, 0.05) is 19.8 Å². The number of carbonyl (C=O) groups is 1. The maximum atomic E-state index is 12.4. The first-order valence-electron chi connectivity index (χ1n) is 7.81. The summed E-state index contributed by atoms with van der Waals surface area (Å²) < 4.78 is 46.1. The zero-order chi connectivity index (χ0) is 16.9. The third-order valence-corrected chi connectivity index (χ3v) is 5.17. The zero-order valence-corrected chi connectivity index (χ0v) is 13.6. The summed E-state index contributed by atoms with van der Waals surface area (Å²) in [5.74, 6) is -0.306. The monoisotopic (exact) mass is 365 g/mol. The van der Waals surface area contributed by atoms with Gasteiger partial charge < -0.3 is 9.47 Å². The van der Waals surface area contributed by atoms with Gasteiger partial charge in [-0.05, 0) is 25.7 Å². The van der Waals surface area contributed by atoms with Crippen LogP contribution in [-0.4, -0.2) is 72.8 Å². The van der Waals surface area contributed by atoms with Crippen molar-refractivity contribution in [3.63, 3.8) is 0 Å². The number of hydrogen-bond acceptors (Lipinski definition) is 9. The summed E-state index contributed by atoms with van der Waals surface area (Å²) in [4.78, 5) is 19.5. The standard InChI is InChI=1S/C12H19N3O8S/c16-10(13-22-8-2-5-20-6-3-8)9-1-4-12-7-14(9)11(21-12)15(12)23-24(17,18)19/h8-9,11H,1-7H2,(H,13,16)(H,17,18,19)/t9-,11?,12?/m0/s1. The summed E-state index contributed by atoms with van der Waals surface area (Å²) in [7, 11) is -4.63. The zero-order valence-electron chi connectivity index (χ0n) is 12.8. The average Bonchev–Trinajstić information content (AvgIpc) is 2.96. The summed E-state index contributed by atoms with van der Waals surface area (Å²) in [5, 5.41) is 1.09. The molecule has 5 saturated heterocycles. The molecule has 136 valence electrons. The van der Waals surface area contributed by atoms with Gasteiger partial charge in [0.25, 0.3) is 5.91 Å². The van der Waals surface area contributed by atoms with Crippen LogP contribution in [0.15, 0.2) is 0 Å². The van der Waals surface area contributed by atoms with Crippen molar-refractivity contribution in [2.45, 2.75) is 49.9 Å². The third-order valence-electron chi connectivity index (χ3n) is 4.82. The average molecular weight is 365 g/mol. The first-order valence-corrected chi connectivity index (χ1v) is 9.18. The van der Waals surface area contributed by atoms with E-state index in [4.69, 9.17) is 18.9 Å². The van der Waals surface area contributed by atoms with Crippen LogP contribution >= 0.6 is 0 Å². The minimum absolute atomic E-state index is 0.0690. The van der Waals surface area contributed by atoms with Crippen molar-refractivity contribution in [2.75, 3.05) is 19.8 Å². The van der Waals surface area contributed by atoms with E-state index in [1.807, 2.05) is 0 Å². The molecule has 1 spiro atoms. The maximum absolute atomic E-state index is 12.4. The van der Waals surface area contributed by atoms with E-state index in [0.29, 0.717) is 32.6 Å². The summed E-state index contributed by atoms with van der Waals surface area (Å²) in [6, 6.07) is -0.513. The summed E-state index contributed by atoms with van der Waals surface area (Å²) in [6.07, 6.45) is 1.43. The molecule has 5 aliphatic rings. The Morgan fingerprint density at radius 3 is 2.75 bits per heavy atom. The molecule has 5 rings (SSSR count). The van der Waals surface area contributed by atoms with E-state index < -0.39 is 28.5 Å². The molecular weight excluding hydrogens is 346 g/mol. The first kappa shape index (κ1) is 16.6. The topological polar surface area (TPSA) is 127 Å². The van der Waals surface area contributed by atoms with Gasteiger partial charge in [-0.15, -0.1) is 4.28 Å². The van der Waals surface area contributed by atoms with Crippen LogP contribution in [0.2, 0.25) is 0 Å². The van der Waals surface area contributed by atoms with Crippen LogP contribution in [0.25, 0.3) is 0 Å². The molecule has 0 aromatic carbocycles. The lowest BCUT2D eigenvalue weighted by Gasteiger charge is -2.45. The Hall–Kier alpha value is -0.860. The fraction of sp³-hybridized carbons (Fsp3) is 0.917. The van der Waals surface area contributed by atoms with Gasteiger partial charge in [0.05, 0.1) is 12.1 Å². The van der Waals surface area contributed by atoms with Crippen molar-refractivity contribution in [3.8, 4) is 0 Å². The van der Waals surface area contributed by atoms with Crippen LogP contribution in [0.3, 0.4) is 0 Å². The first-order chi connectivity index (χ1) is 11.4. The molecule has 12 heteroatoms. The second-order valence-electron chi connectivity index (χ2n) is 6.34. The van der Waals surface area contributed by atoms with Crippen molar-refractivity contribution in [1.29, 1.82) is 0 Å². The second-order valence-corrected chi connectivity index (χ2v) is 7.35. The number of nitrogens with zero attached hydrogens (tertiary/aromatic N) is 2. The summed E-state index contributed by atoms with van der Waals surface area (Å²) in [5.41, 5.74) is 1.57. The molecule has 2 N–H and O–H groups in total. The molecule has 4 atom stereocenters. The number of carbonyl (C=O) groups excluding carboxylic acids is 1. The van der Waals surface area contributed by atoms with Crippen LogP contribution in [-0.2, 0) is 33.8 Å². The van der Waals surface area contributed by atoms with Crippen molar-refractivity contribution >= 4 is 16.3 Å². The van der Waals surface area contributed by atoms with Crippen molar-refractivity contribution in [2.24, 2.45) is 0 Å². The predicted octanol–water partition coefficient (Wildman–Crippen LogP) is -1.26. The highest BCUT2D eigenvalue weighted by atomic mass is 32.3. The molecule has 5 fully saturated rings. The van der Waals surface area contributed by atoms with Gasteiger partial charge in [-0.3, -0.25) is 14.2 Å². The van der Waals surface area contributed by atoms with Crippen LogP contribution < -0.4 is 5.48 Å². The number of ether oxygens (including phenoxy) is 2. The van der Waals surface area contributed by atoms with E-state index in [2.05, 4.69) is 9.76 Å². The Labute approximate surface area is 138 Å². The number of hydrogen-bond donors (Lipinski definition) is 2. The van der Waals surface area contributed by atoms with Gasteiger partial charge in [0.2, 0.25) is 0 Å². The van der Waals surface area contributed by atoms with E-state index in [9.17, 15) is 13.2 Å². The molecule has 1 amide bonds. The van der Waals surface area contributed by atoms with Gasteiger partial charge in [0.1, 0.15) is 0 Å². The molecule has 0 saturated carbocycles. The van der Waals surface area contributed by atoms with E-state index in [0.717, 1.165) is 17.9 Å². The number of nitrogens with one attached hydrogen (secondary N) is 1. The highest BCUT2D eigenvalue weighted by molar-refractivity contribution is 7.80. The van der Waals surface area contributed by atoms with Crippen LogP contribution in [0.5, 0.6) is 0 Å². The highest BCUT2D eigenvalue weighted by Gasteiger charge is 2.70. The largest absolute Gasteiger partial charge is 0.414 e. The van der Waals surface area contributed by atoms with Gasteiger partial charge in [0.15, 0.2) is 12.1 Å². The third kappa shape index (κ3) is 2.82. The summed E-state index contributed by atoms with van der Waals surface area (Å²) >= 11 is 0. The van der Waals surface area contributed by atoms with E-state index in [-0.39, 0.29) is 12.0 Å². The minimum atomic E-state index is -4.63. The van der Waals surface area contributed by atoms with E-state index >= 15 is 0 Å². The SMILES string of the molecule is O=C(NOC1CCOCC1)[C@@H]1CCC23CN1C(O2)N3OS(=O)(=O)O. The predicted molar refractivity (Wildman–Crippen MR) is 74.9 cm³/mol. The molecule has 5 heterocycles. The van der Waals surface area contributed by atoms with E-state index in [1.165, 1.54) is 0 Å². The molecule has 5 aliphatic heterocycles. The number of rotatable bonds is 5. The highest BCUT2D eigenvalue weighted by Crippen LogP contribution is 2.52. The number of piperidine rings is 1. The minimum Gasteiger partial charge on any atom is -0.381 e. The normalized spacial score (nSPS) is 39.5. The lowest BCUT2D eigenvalue weighted by molar-refractivity contribution is -0.415. The molecule has 0 radical (unpaired) electrons. The fourth-order valence-electron chi connectivity index (χ4n) is 3.65. The lowest BCUT2D eigenvalue weighted by Crippen LogP contribution is -2.63. The van der Waals surface area contributed by atoms with Crippen molar-refractivity contribution in [3.05, 3.63) is 0 Å². The quantitative estimate of drug-likeness (QED) is 0.450. The van der Waals surface area contributed by atoms with Gasteiger partial charge >= 0.3 is 10.4 Å². The van der Waals surface area contributed by atoms with Gasteiger partial charge in [-0.2, -0.15) is 8.42 Å². The maximum Gasteiger partial charge on any atom is 0.414 e. The fourth-order valence-corrected chi connectivity index (χ4v) is 4.06. The molecule has 3 unspecified atom stereocenters. The van der Waals surface area contributed by atoms with Gasteiger partial charge in [-0.1, -0.05) is 5.06 Å². The molecule has 0 aromatic rings. The Morgan fingerprint density at radius 2 is 2.04 bits per heavy atom. The molecule has 11 nitrogen and oxygen atoms in total. The van der Waals surface area contributed by atoms with Crippen LogP contribution in [0.4, 0.5) is 0 Å².